The molecule has 5 nitrogen and oxygen atoms in total. The second-order valence-corrected chi connectivity index (χ2v) is 5.43. The summed E-state index contributed by atoms with van der Waals surface area (Å²) < 4.78 is 31.6. The van der Waals surface area contributed by atoms with Crippen LogP contribution in [0.1, 0.15) is 17.3 Å². The van der Waals surface area contributed by atoms with Crippen LogP contribution in [-0.4, -0.2) is 31.0 Å². The molecule has 2 aromatic rings. The van der Waals surface area contributed by atoms with E-state index in [4.69, 9.17) is 4.74 Å². The first-order chi connectivity index (χ1) is 11.9. The van der Waals surface area contributed by atoms with E-state index in [-0.39, 0.29) is 24.8 Å². The fourth-order valence-electron chi connectivity index (χ4n) is 2.05. The van der Waals surface area contributed by atoms with Crippen LogP contribution < -0.4 is 15.4 Å². The van der Waals surface area contributed by atoms with Crippen molar-refractivity contribution < 1.29 is 23.1 Å². The molecule has 2 N–H and O–H groups in total. The molecule has 0 radical (unpaired) electrons. The molecule has 0 bridgehead atoms. The minimum atomic E-state index is -0.860. The summed E-state index contributed by atoms with van der Waals surface area (Å²) in [5.74, 6) is -2.20. The molecule has 0 aliphatic rings. The first-order valence-electron chi connectivity index (χ1n) is 7.65. The molecule has 25 heavy (non-hydrogen) atoms. The summed E-state index contributed by atoms with van der Waals surface area (Å²) in [7, 11) is 0. The highest BCUT2D eigenvalue weighted by Gasteiger charge is 2.12. The third kappa shape index (κ3) is 6.21. The third-order valence-corrected chi connectivity index (χ3v) is 3.18. The van der Waals surface area contributed by atoms with Crippen LogP contribution in [-0.2, 0) is 4.79 Å². The van der Waals surface area contributed by atoms with Crippen molar-refractivity contribution in [2.75, 3.05) is 13.2 Å². The Morgan fingerprint density at radius 2 is 1.72 bits per heavy atom. The Morgan fingerprint density at radius 1 is 1.08 bits per heavy atom. The first-order valence-corrected chi connectivity index (χ1v) is 7.65. The number of ether oxygens (including phenoxy) is 1. The van der Waals surface area contributed by atoms with E-state index < -0.39 is 23.4 Å². The van der Waals surface area contributed by atoms with Gasteiger partial charge in [-0.1, -0.05) is 18.2 Å². The number of carbonyl (C=O) groups is 2. The molecule has 0 heterocycles. The van der Waals surface area contributed by atoms with Crippen LogP contribution in [0.2, 0.25) is 0 Å². The average Bonchev–Trinajstić information content (AvgIpc) is 2.58. The van der Waals surface area contributed by atoms with Gasteiger partial charge in [-0.05, 0) is 31.2 Å². The number of carbonyl (C=O) groups excluding carboxylic acids is 2. The van der Waals surface area contributed by atoms with Crippen molar-refractivity contribution in [1.29, 1.82) is 0 Å². The van der Waals surface area contributed by atoms with Crippen LogP contribution >= 0.6 is 0 Å². The van der Waals surface area contributed by atoms with Crippen LogP contribution in [0.15, 0.2) is 48.5 Å². The van der Waals surface area contributed by atoms with Crippen molar-refractivity contribution in [3.8, 4) is 5.75 Å². The molecule has 0 spiro atoms. The Kier molecular flexibility index (Phi) is 6.45. The topological polar surface area (TPSA) is 67.4 Å². The summed E-state index contributed by atoms with van der Waals surface area (Å²) in [5.41, 5.74) is -0.189. The minimum absolute atomic E-state index is 0.189. The van der Waals surface area contributed by atoms with Crippen molar-refractivity contribution in [2.45, 2.75) is 13.0 Å². The summed E-state index contributed by atoms with van der Waals surface area (Å²) in [4.78, 5) is 23.6. The van der Waals surface area contributed by atoms with Crippen molar-refractivity contribution in [1.82, 2.24) is 10.6 Å². The van der Waals surface area contributed by atoms with E-state index in [0.29, 0.717) is 11.8 Å². The Labute approximate surface area is 144 Å². The molecule has 132 valence electrons. The predicted octanol–water partition coefficient (Wildman–Crippen LogP) is 2.28. The number of benzene rings is 2. The van der Waals surface area contributed by atoms with E-state index in [9.17, 15) is 18.4 Å². The molecule has 1 unspecified atom stereocenters. The van der Waals surface area contributed by atoms with Crippen molar-refractivity contribution >= 4 is 11.8 Å². The number of rotatable bonds is 7. The lowest BCUT2D eigenvalue weighted by molar-refractivity contribution is -0.120. The standard InChI is InChI=1S/C18H18F2N2O3/c1-12(11-25-16-5-3-2-4-6-16)22-17(23)10-21-18(24)13-7-14(19)9-15(20)8-13/h2-9,12H,10-11H2,1H3,(H,21,24)(H,22,23). The summed E-state index contributed by atoms with van der Waals surface area (Å²) in [6.07, 6.45) is 0. The maximum Gasteiger partial charge on any atom is 0.251 e. The molecule has 2 amide bonds. The van der Waals surface area contributed by atoms with Crippen LogP contribution in [0.25, 0.3) is 0 Å². The van der Waals surface area contributed by atoms with Gasteiger partial charge in [-0.25, -0.2) is 8.78 Å². The summed E-state index contributed by atoms with van der Waals surface area (Å²) >= 11 is 0. The van der Waals surface area contributed by atoms with Crippen molar-refractivity contribution in [3.05, 3.63) is 65.7 Å². The summed E-state index contributed by atoms with van der Waals surface area (Å²) in [6.45, 7) is 1.70. The van der Waals surface area contributed by atoms with Crippen LogP contribution in [0, 0.1) is 11.6 Å². The van der Waals surface area contributed by atoms with E-state index in [1.54, 1.807) is 19.1 Å². The minimum Gasteiger partial charge on any atom is -0.491 e. The smallest absolute Gasteiger partial charge is 0.251 e. The summed E-state index contributed by atoms with van der Waals surface area (Å²) in [5, 5.41) is 4.96. The van der Waals surface area contributed by atoms with E-state index >= 15 is 0 Å². The van der Waals surface area contributed by atoms with Crippen LogP contribution in [0.3, 0.4) is 0 Å². The molecule has 0 aromatic heterocycles. The largest absolute Gasteiger partial charge is 0.491 e. The molecule has 0 saturated carbocycles. The van der Waals surface area contributed by atoms with E-state index in [1.807, 2.05) is 18.2 Å². The van der Waals surface area contributed by atoms with Crippen LogP contribution in [0.4, 0.5) is 8.78 Å². The van der Waals surface area contributed by atoms with Gasteiger partial charge in [0, 0.05) is 11.6 Å². The van der Waals surface area contributed by atoms with Gasteiger partial charge < -0.3 is 15.4 Å². The molecule has 2 aromatic carbocycles. The molecule has 0 aliphatic heterocycles. The fraction of sp³-hybridized carbons (Fsp3) is 0.222. The van der Waals surface area contributed by atoms with Crippen molar-refractivity contribution in [2.24, 2.45) is 0 Å². The van der Waals surface area contributed by atoms with Gasteiger partial charge in [0.2, 0.25) is 5.91 Å². The van der Waals surface area contributed by atoms with Gasteiger partial charge in [0.25, 0.3) is 5.91 Å². The van der Waals surface area contributed by atoms with Gasteiger partial charge in [-0.15, -0.1) is 0 Å². The Bertz CT molecular complexity index is 718. The monoisotopic (exact) mass is 348 g/mol. The molecule has 0 saturated heterocycles. The van der Waals surface area contributed by atoms with Gasteiger partial charge in [0.15, 0.2) is 0 Å². The van der Waals surface area contributed by atoms with E-state index in [1.165, 1.54) is 0 Å². The number of hydrogen-bond donors (Lipinski definition) is 2. The second-order valence-electron chi connectivity index (χ2n) is 5.43. The quantitative estimate of drug-likeness (QED) is 0.807. The molecule has 1 atom stereocenters. The lowest BCUT2D eigenvalue weighted by atomic mass is 10.2. The molecule has 0 fully saturated rings. The third-order valence-electron chi connectivity index (χ3n) is 3.18. The lowest BCUT2D eigenvalue weighted by Crippen LogP contribution is -2.43. The Morgan fingerprint density at radius 3 is 2.36 bits per heavy atom. The highest BCUT2D eigenvalue weighted by atomic mass is 19.1. The van der Waals surface area contributed by atoms with Crippen molar-refractivity contribution in [3.63, 3.8) is 0 Å². The molecular weight excluding hydrogens is 330 g/mol. The predicted molar refractivity (Wildman–Crippen MR) is 88.2 cm³/mol. The number of para-hydroxylation sites is 1. The molecule has 0 aliphatic carbocycles. The normalized spacial score (nSPS) is 11.5. The van der Waals surface area contributed by atoms with Gasteiger partial charge >= 0.3 is 0 Å². The number of nitrogens with one attached hydrogen (secondary N) is 2. The Hall–Kier alpha value is -2.96. The number of amides is 2. The molecular formula is C18H18F2N2O3. The van der Waals surface area contributed by atoms with E-state index in [0.717, 1.165) is 12.1 Å². The lowest BCUT2D eigenvalue weighted by Gasteiger charge is -2.15. The highest BCUT2D eigenvalue weighted by molar-refractivity contribution is 5.96. The van der Waals surface area contributed by atoms with Gasteiger partial charge in [-0.3, -0.25) is 9.59 Å². The fourth-order valence-corrected chi connectivity index (χ4v) is 2.05. The first kappa shape index (κ1) is 18.4. The zero-order chi connectivity index (χ0) is 18.2. The zero-order valence-electron chi connectivity index (χ0n) is 13.6. The SMILES string of the molecule is CC(COc1ccccc1)NC(=O)CNC(=O)c1cc(F)cc(F)c1. The average molecular weight is 348 g/mol. The van der Waals surface area contributed by atoms with Gasteiger partial charge in [0.05, 0.1) is 12.6 Å². The Balaban J connectivity index is 1.75. The maximum absolute atomic E-state index is 13.1. The highest BCUT2D eigenvalue weighted by Crippen LogP contribution is 2.09. The van der Waals surface area contributed by atoms with Crippen LogP contribution in [0.5, 0.6) is 5.75 Å². The molecule has 2 rings (SSSR count). The van der Waals surface area contributed by atoms with E-state index in [2.05, 4.69) is 10.6 Å². The zero-order valence-corrected chi connectivity index (χ0v) is 13.6. The molecule has 7 heteroatoms. The maximum atomic E-state index is 13.1. The summed E-state index contributed by atoms with van der Waals surface area (Å²) in [6, 6.07) is 11.3. The number of halogens is 2. The van der Waals surface area contributed by atoms with Gasteiger partial charge in [0.1, 0.15) is 24.0 Å². The number of hydrogen-bond acceptors (Lipinski definition) is 3. The van der Waals surface area contributed by atoms with Gasteiger partial charge in [-0.2, -0.15) is 0 Å². The second kappa shape index (κ2) is 8.77.